The van der Waals surface area contributed by atoms with E-state index in [9.17, 15) is 18.0 Å². The molecule has 0 radical (unpaired) electrons. The van der Waals surface area contributed by atoms with Gasteiger partial charge in [-0.05, 0) is 27.2 Å². The molecule has 0 aliphatic carbocycles. The highest BCUT2D eigenvalue weighted by molar-refractivity contribution is 7.91. The zero-order valence-corrected chi connectivity index (χ0v) is 13.4. The van der Waals surface area contributed by atoms with Crippen LogP contribution in [-0.4, -0.2) is 54.8 Å². The van der Waals surface area contributed by atoms with Crippen LogP contribution in [0.25, 0.3) is 0 Å². The van der Waals surface area contributed by atoms with E-state index >= 15 is 0 Å². The van der Waals surface area contributed by atoms with Gasteiger partial charge in [-0.3, -0.25) is 9.59 Å². The Balaban J connectivity index is 2.57. The van der Waals surface area contributed by atoms with Gasteiger partial charge in [-0.1, -0.05) is 0 Å². The molecule has 0 aromatic rings. The highest BCUT2D eigenvalue weighted by Crippen LogP contribution is 2.18. The Hall–Kier alpha value is -1.11. The lowest BCUT2D eigenvalue weighted by molar-refractivity contribution is -0.131. The second-order valence-corrected chi connectivity index (χ2v) is 8.55. The van der Waals surface area contributed by atoms with Gasteiger partial charge in [0.05, 0.1) is 11.5 Å². The van der Waals surface area contributed by atoms with Crippen molar-refractivity contribution >= 4 is 21.7 Å². The van der Waals surface area contributed by atoms with Crippen LogP contribution in [0, 0.1) is 0 Å². The van der Waals surface area contributed by atoms with Crippen molar-refractivity contribution in [3.05, 3.63) is 0 Å². The van der Waals surface area contributed by atoms with Gasteiger partial charge in [0, 0.05) is 31.5 Å². The molecule has 116 valence electrons. The van der Waals surface area contributed by atoms with E-state index in [0.29, 0.717) is 6.42 Å². The lowest BCUT2D eigenvalue weighted by atomic mass is 10.1. The van der Waals surface area contributed by atoms with Gasteiger partial charge in [0.1, 0.15) is 0 Å². The lowest BCUT2D eigenvalue weighted by Crippen LogP contribution is -2.45. The third-order valence-corrected chi connectivity index (χ3v) is 4.90. The predicted molar refractivity (Wildman–Crippen MR) is 77.0 cm³/mol. The molecule has 1 atom stereocenters. The molecule has 0 aromatic carbocycles. The Morgan fingerprint density at radius 1 is 1.30 bits per heavy atom. The van der Waals surface area contributed by atoms with E-state index in [2.05, 4.69) is 5.32 Å². The molecule has 1 N–H and O–H groups in total. The SMILES string of the molecule is CC(=O)N(CCC(=O)NC(C)(C)C)C1CCS(=O)(=O)C1. The topological polar surface area (TPSA) is 83.6 Å². The van der Waals surface area contributed by atoms with Crippen molar-refractivity contribution < 1.29 is 18.0 Å². The Kier molecular flexibility index (Phi) is 5.18. The van der Waals surface area contributed by atoms with E-state index in [1.165, 1.54) is 11.8 Å². The quantitative estimate of drug-likeness (QED) is 0.811. The average Bonchev–Trinajstić information content (AvgIpc) is 2.55. The Morgan fingerprint density at radius 3 is 2.30 bits per heavy atom. The molecule has 1 heterocycles. The van der Waals surface area contributed by atoms with Crippen LogP contribution in [0.4, 0.5) is 0 Å². The first-order valence-electron chi connectivity index (χ1n) is 6.79. The number of carbonyl (C=O) groups excluding carboxylic acids is 2. The molecule has 1 unspecified atom stereocenters. The smallest absolute Gasteiger partial charge is 0.222 e. The number of nitrogens with one attached hydrogen (secondary N) is 1. The molecular weight excluding hydrogens is 280 g/mol. The molecule has 1 aliphatic rings. The molecule has 0 saturated carbocycles. The molecule has 1 rings (SSSR count). The molecule has 0 spiro atoms. The molecule has 6 nitrogen and oxygen atoms in total. The Bertz CT molecular complexity index is 479. The van der Waals surface area contributed by atoms with E-state index in [4.69, 9.17) is 0 Å². The molecule has 2 amide bonds. The lowest BCUT2D eigenvalue weighted by Gasteiger charge is -2.27. The second kappa shape index (κ2) is 6.11. The summed E-state index contributed by atoms with van der Waals surface area (Å²) in [6.45, 7) is 7.33. The van der Waals surface area contributed by atoms with Crippen molar-refractivity contribution in [3.8, 4) is 0 Å². The molecule has 7 heteroatoms. The van der Waals surface area contributed by atoms with Crippen molar-refractivity contribution in [1.82, 2.24) is 10.2 Å². The number of rotatable bonds is 4. The van der Waals surface area contributed by atoms with Gasteiger partial charge >= 0.3 is 0 Å². The summed E-state index contributed by atoms with van der Waals surface area (Å²) in [7, 11) is -3.04. The number of carbonyl (C=O) groups is 2. The van der Waals surface area contributed by atoms with Crippen molar-refractivity contribution in [2.75, 3.05) is 18.1 Å². The molecule has 20 heavy (non-hydrogen) atoms. The molecule has 0 bridgehead atoms. The number of hydrogen-bond donors (Lipinski definition) is 1. The van der Waals surface area contributed by atoms with Crippen LogP contribution < -0.4 is 5.32 Å². The summed E-state index contributed by atoms with van der Waals surface area (Å²) in [5.41, 5.74) is -0.311. The van der Waals surface area contributed by atoms with Crippen LogP contribution >= 0.6 is 0 Å². The van der Waals surface area contributed by atoms with Crippen LogP contribution in [0.3, 0.4) is 0 Å². The fraction of sp³-hybridized carbons (Fsp3) is 0.846. The number of nitrogens with zero attached hydrogens (tertiary/aromatic N) is 1. The number of hydrogen-bond acceptors (Lipinski definition) is 4. The minimum absolute atomic E-state index is 0.00741. The van der Waals surface area contributed by atoms with E-state index in [1.807, 2.05) is 20.8 Å². The Morgan fingerprint density at radius 2 is 1.90 bits per heavy atom. The van der Waals surface area contributed by atoms with Gasteiger partial charge in [-0.25, -0.2) is 8.42 Å². The largest absolute Gasteiger partial charge is 0.351 e. The molecule has 1 fully saturated rings. The fourth-order valence-electron chi connectivity index (χ4n) is 2.32. The van der Waals surface area contributed by atoms with Crippen molar-refractivity contribution in [2.45, 2.75) is 52.1 Å². The average molecular weight is 304 g/mol. The zero-order chi connectivity index (χ0) is 15.6. The summed E-state index contributed by atoms with van der Waals surface area (Å²) in [6, 6.07) is -0.292. The fourth-order valence-corrected chi connectivity index (χ4v) is 4.05. The minimum Gasteiger partial charge on any atom is -0.351 e. The maximum Gasteiger partial charge on any atom is 0.222 e. The first kappa shape index (κ1) is 16.9. The summed E-state index contributed by atoms with van der Waals surface area (Å²) in [4.78, 5) is 24.9. The molecule has 1 aliphatic heterocycles. The molecular formula is C13H24N2O4S. The summed E-state index contributed by atoms with van der Waals surface area (Å²) >= 11 is 0. The predicted octanol–water partition coefficient (Wildman–Crippen LogP) is 0.327. The third-order valence-electron chi connectivity index (χ3n) is 3.15. The summed E-state index contributed by atoms with van der Waals surface area (Å²) in [6.07, 6.45) is 0.649. The van der Waals surface area contributed by atoms with Crippen LogP contribution in [0.5, 0.6) is 0 Å². The zero-order valence-electron chi connectivity index (χ0n) is 12.6. The van der Waals surface area contributed by atoms with E-state index < -0.39 is 9.84 Å². The highest BCUT2D eigenvalue weighted by Gasteiger charge is 2.33. The van der Waals surface area contributed by atoms with Crippen LogP contribution in [-0.2, 0) is 19.4 Å². The number of sulfone groups is 1. The van der Waals surface area contributed by atoms with E-state index in [-0.39, 0.29) is 47.9 Å². The first-order chi connectivity index (χ1) is 9.00. The van der Waals surface area contributed by atoms with Crippen molar-refractivity contribution in [2.24, 2.45) is 0 Å². The van der Waals surface area contributed by atoms with Gasteiger partial charge in [0.25, 0.3) is 0 Å². The minimum atomic E-state index is -3.04. The maximum absolute atomic E-state index is 11.8. The molecule has 0 aromatic heterocycles. The van der Waals surface area contributed by atoms with Gasteiger partial charge < -0.3 is 10.2 Å². The third kappa shape index (κ3) is 5.48. The van der Waals surface area contributed by atoms with Gasteiger partial charge in [-0.15, -0.1) is 0 Å². The maximum atomic E-state index is 11.8. The summed E-state index contributed by atoms with van der Waals surface area (Å²) in [5.74, 6) is -0.191. The van der Waals surface area contributed by atoms with Crippen LogP contribution in [0.15, 0.2) is 0 Å². The normalized spacial score (nSPS) is 21.5. The van der Waals surface area contributed by atoms with Crippen LogP contribution in [0.1, 0.15) is 40.5 Å². The van der Waals surface area contributed by atoms with Gasteiger partial charge in [-0.2, -0.15) is 0 Å². The van der Waals surface area contributed by atoms with E-state index in [0.717, 1.165) is 0 Å². The Labute approximate surface area is 120 Å². The van der Waals surface area contributed by atoms with Gasteiger partial charge in [0.2, 0.25) is 11.8 Å². The standard InChI is InChI=1S/C13H24N2O4S/c1-10(16)15(11-6-8-20(18,19)9-11)7-5-12(17)14-13(2,3)4/h11H,5-9H2,1-4H3,(H,14,17). The number of amides is 2. The van der Waals surface area contributed by atoms with Crippen LogP contribution in [0.2, 0.25) is 0 Å². The highest BCUT2D eigenvalue weighted by atomic mass is 32.2. The first-order valence-corrected chi connectivity index (χ1v) is 8.61. The van der Waals surface area contributed by atoms with Crippen molar-refractivity contribution in [1.29, 1.82) is 0 Å². The molecule has 1 saturated heterocycles. The summed E-state index contributed by atoms with van der Waals surface area (Å²) in [5, 5.41) is 2.83. The second-order valence-electron chi connectivity index (χ2n) is 6.32. The van der Waals surface area contributed by atoms with E-state index in [1.54, 1.807) is 0 Å². The summed E-state index contributed by atoms with van der Waals surface area (Å²) < 4.78 is 23.0. The van der Waals surface area contributed by atoms with Crippen molar-refractivity contribution in [3.63, 3.8) is 0 Å². The monoisotopic (exact) mass is 304 g/mol. The van der Waals surface area contributed by atoms with Gasteiger partial charge in [0.15, 0.2) is 9.84 Å².